The summed E-state index contributed by atoms with van der Waals surface area (Å²) >= 11 is 9.27. The Balaban J connectivity index is 2.58. The zero-order valence-corrected chi connectivity index (χ0v) is 11.4. The van der Waals surface area contributed by atoms with Crippen LogP contribution in [0.3, 0.4) is 0 Å². The average Bonchev–Trinajstić information content (AvgIpc) is 2.29. The second-order valence-corrected chi connectivity index (χ2v) is 4.60. The lowest BCUT2D eigenvalue weighted by atomic mass is 10.1. The molecule has 1 heterocycles. The molecule has 17 heavy (non-hydrogen) atoms. The Hall–Kier alpha value is -1.13. The highest BCUT2D eigenvalue weighted by atomic mass is 79.9. The summed E-state index contributed by atoms with van der Waals surface area (Å²) in [6.45, 7) is 2.10. The van der Waals surface area contributed by atoms with E-state index in [4.69, 9.17) is 16.3 Å². The van der Waals surface area contributed by atoms with E-state index in [1.165, 1.54) is 6.20 Å². The van der Waals surface area contributed by atoms with E-state index in [-0.39, 0.29) is 5.97 Å². The number of nitrogens with zero attached hydrogens (tertiary/aromatic N) is 1. The molecule has 0 radical (unpaired) electrons. The maximum atomic E-state index is 11.7. The van der Waals surface area contributed by atoms with Gasteiger partial charge in [0.2, 0.25) is 0 Å². The molecule has 88 valence electrons. The number of aromatic nitrogens is 1. The molecule has 0 N–H and O–H groups in total. The topological polar surface area (TPSA) is 39.2 Å². The molecule has 2 rings (SSSR count). The number of hydrogen-bond acceptors (Lipinski definition) is 3. The minimum absolute atomic E-state index is 0.337. The number of ether oxygens (including phenoxy) is 1. The first-order valence-corrected chi connectivity index (χ1v) is 6.21. The monoisotopic (exact) mass is 313 g/mol. The first kappa shape index (κ1) is 12.3. The van der Waals surface area contributed by atoms with Crippen LogP contribution in [0.1, 0.15) is 17.3 Å². The third-order valence-corrected chi connectivity index (χ3v) is 3.35. The Labute approximate surface area is 112 Å². The number of hydrogen-bond donors (Lipinski definition) is 0. The second kappa shape index (κ2) is 5.02. The van der Waals surface area contributed by atoms with Gasteiger partial charge in [0.15, 0.2) is 0 Å². The number of halogens is 2. The van der Waals surface area contributed by atoms with Crippen molar-refractivity contribution in [2.24, 2.45) is 0 Å². The number of carbonyl (C=O) groups is 1. The smallest absolute Gasteiger partial charge is 0.340 e. The van der Waals surface area contributed by atoms with E-state index in [0.717, 1.165) is 10.9 Å². The summed E-state index contributed by atoms with van der Waals surface area (Å²) < 4.78 is 5.62. The fourth-order valence-electron chi connectivity index (χ4n) is 1.48. The lowest BCUT2D eigenvalue weighted by Crippen LogP contribution is -2.06. The van der Waals surface area contributed by atoms with Crippen molar-refractivity contribution in [2.45, 2.75) is 6.92 Å². The third kappa shape index (κ3) is 2.42. The van der Waals surface area contributed by atoms with Gasteiger partial charge in [0.1, 0.15) is 0 Å². The number of carbonyl (C=O) groups excluding carboxylic acids is 1. The van der Waals surface area contributed by atoms with Crippen LogP contribution in [0.2, 0.25) is 5.02 Å². The Kier molecular flexibility index (Phi) is 3.64. The summed E-state index contributed by atoms with van der Waals surface area (Å²) in [7, 11) is 0. The predicted octanol–water partition coefficient (Wildman–Crippen LogP) is 3.83. The maximum Gasteiger partial charge on any atom is 0.340 e. The lowest BCUT2D eigenvalue weighted by Gasteiger charge is -2.06. The van der Waals surface area contributed by atoms with Crippen LogP contribution in [-0.2, 0) is 4.74 Å². The van der Waals surface area contributed by atoms with Gasteiger partial charge in [-0.25, -0.2) is 4.79 Å². The van der Waals surface area contributed by atoms with Gasteiger partial charge in [-0.05, 0) is 35.0 Å². The van der Waals surface area contributed by atoms with Crippen LogP contribution in [0.4, 0.5) is 0 Å². The summed E-state index contributed by atoms with van der Waals surface area (Å²) in [5, 5.41) is 1.45. The van der Waals surface area contributed by atoms with Crippen molar-refractivity contribution in [3.8, 4) is 0 Å². The normalized spacial score (nSPS) is 10.5. The zero-order valence-electron chi connectivity index (χ0n) is 9.04. The molecular weight excluding hydrogens is 305 g/mol. The highest BCUT2D eigenvalue weighted by Crippen LogP contribution is 2.28. The molecular formula is C12H9BrClNO2. The van der Waals surface area contributed by atoms with Crippen molar-refractivity contribution >= 4 is 44.4 Å². The quantitative estimate of drug-likeness (QED) is 0.791. The van der Waals surface area contributed by atoms with Crippen LogP contribution in [0.15, 0.2) is 28.9 Å². The minimum atomic E-state index is -0.385. The van der Waals surface area contributed by atoms with Crippen molar-refractivity contribution < 1.29 is 9.53 Å². The molecule has 0 bridgehead atoms. The van der Waals surface area contributed by atoms with Crippen LogP contribution < -0.4 is 0 Å². The van der Waals surface area contributed by atoms with E-state index in [1.54, 1.807) is 19.1 Å². The summed E-state index contributed by atoms with van der Waals surface area (Å²) in [6.07, 6.45) is 1.49. The van der Waals surface area contributed by atoms with Crippen molar-refractivity contribution in [2.75, 3.05) is 6.61 Å². The number of rotatable bonds is 2. The van der Waals surface area contributed by atoms with Gasteiger partial charge in [0.05, 0.1) is 17.7 Å². The lowest BCUT2D eigenvalue weighted by molar-refractivity contribution is 0.0525. The minimum Gasteiger partial charge on any atom is -0.462 e. The zero-order chi connectivity index (χ0) is 12.4. The molecule has 0 atom stereocenters. The summed E-state index contributed by atoms with van der Waals surface area (Å²) in [4.78, 5) is 15.8. The summed E-state index contributed by atoms with van der Waals surface area (Å²) in [6, 6.07) is 5.32. The molecule has 3 nitrogen and oxygen atoms in total. The van der Waals surface area contributed by atoms with E-state index < -0.39 is 0 Å². The summed E-state index contributed by atoms with van der Waals surface area (Å²) in [5.74, 6) is -0.385. The SMILES string of the molecule is CCOC(=O)c1cnc2cc(Cl)ccc2c1Br. The van der Waals surface area contributed by atoms with Crippen molar-refractivity contribution in [3.05, 3.63) is 39.5 Å². The van der Waals surface area contributed by atoms with Gasteiger partial charge in [-0.3, -0.25) is 4.98 Å². The highest BCUT2D eigenvalue weighted by molar-refractivity contribution is 9.10. The van der Waals surface area contributed by atoms with Crippen LogP contribution >= 0.6 is 27.5 Å². The fourth-order valence-corrected chi connectivity index (χ4v) is 2.25. The molecule has 0 saturated heterocycles. The largest absolute Gasteiger partial charge is 0.462 e. The number of pyridine rings is 1. The van der Waals surface area contributed by atoms with E-state index in [2.05, 4.69) is 20.9 Å². The number of esters is 1. The van der Waals surface area contributed by atoms with Gasteiger partial charge < -0.3 is 4.74 Å². The van der Waals surface area contributed by atoms with E-state index in [0.29, 0.717) is 21.7 Å². The second-order valence-electron chi connectivity index (χ2n) is 3.37. The molecule has 0 fully saturated rings. The molecule has 0 amide bonds. The van der Waals surface area contributed by atoms with Gasteiger partial charge in [-0.15, -0.1) is 0 Å². The van der Waals surface area contributed by atoms with Crippen LogP contribution in [0, 0.1) is 0 Å². The molecule has 1 aromatic carbocycles. The molecule has 0 aliphatic rings. The van der Waals surface area contributed by atoms with Gasteiger partial charge >= 0.3 is 5.97 Å². The van der Waals surface area contributed by atoms with Gasteiger partial charge in [-0.2, -0.15) is 0 Å². The van der Waals surface area contributed by atoms with E-state index >= 15 is 0 Å². The standard InChI is InChI=1S/C12H9BrClNO2/c1-2-17-12(16)9-6-15-10-5-7(14)3-4-8(10)11(9)13/h3-6H,2H2,1H3. The van der Waals surface area contributed by atoms with Crippen LogP contribution in [0.5, 0.6) is 0 Å². The summed E-state index contributed by atoms with van der Waals surface area (Å²) in [5.41, 5.74) is 1.15. The van der Waals surface area contributed by atoms with Gasteiger partial charge in [0, 0.05) is 21.1 Å². The van der Waals surface area contributed by atoms with Crippen molar-refractivity contribution in [3.63, 3.8) is 0 Å². The molecule has 2 aromatic rings. The predicted molar refractivity (Wildman–Crippen MR) is 70.4 cm³/mol. The Morgan fingerprint density at radius 2 is 2.29 bits per heavy atom. The molecule has 0 saturated carbocycles. The third-order valence-electron chi connectivity index (χ3n) is 2.26. The van der Waals surface area contributed by atoms with Gasteiger partial charge in [0.25, 0.3) is 0 Å². The first-order chi connectivity index (χ1) is 8.13. The number of fused-ring (bicyclic) bond motifs is 1. The molecule has 0 spiro atoms. The molecule has 5 heteroatoms. The van der Waals surface area contributed by atoms with E-state index in [9.17, 15) is 4.79 Å². The van der Waals surface area contributed by atoms with Crippen molar-refractivity contribution in [1.82, 2.24) is 4.98 Å². The fraction of sp³-hybridized carbons (Fsp3) is 0.167. The first-order valence-electron chi connectivity index (χ1n) is 5.04. The molecule has 0 aliphatic carbocycles. The number of benzene rings is 1. The average molecular weight is 315 g/mol. The Morgan fingerprint density at radius 1 is 1.53 bits per heavy atom. The highest BCUT2D eigenvalue weighted by Gasteiger charge is 2.14. The van der Waals surface area contributed by atoms with Gasteiger partial charge in [-0.1, -0.05) is 17.7 Å². The van der Waals surface area contributed by atoms with Crippen LogP contribution in [0.25, 0.3) is 10.9 Å². The van der Waals surface area contributed by atoms with E-state index in [1.807, 2.05) is 6.07 Å². The molecule has 0 aliphatic heterocycles. The van der Waals surface area contributed by atoms with Crippen LogP contribution in [-0.4, -0.2) is 17.6 Å². The van der Waals surface area contributed by atoms with Crippen molar-refractivity contribution in [1.29, 1.82) is 0 Å². The molecule has 1 aromatic heterocycles. The Bertz CT molecular complexity index is 586. The Morgan fingerprint density at radius 3 is 3.00 bits per heavy atom. The molecule has 0 unspecified atom stereocenters. The maximum absolute atomic E-state index is 11.7.